The largest absolute Gasteiger partial charge is 0.352 e. The molecule has 0 aromatic carbocycles. The van der Waals surface area contributed by atoms with Gasteiger partial charge in [-0.25, -0.2) is 0 Å². The Bertz CT molecular complexity index is 348. The van der Waals surface area contributed by atoms with E-state index in [1.54, 1.807) is 0 Å². The van der Waals surface area contributed by atoms with E-state index in [9.17, 15) is 4.79 Å². The highest BCUT2D eigenvalue weighted by Gasteiger charge is 2.36. The highest BCUT2D eigenvalue weighted by Crippen LogP contribution is 2.38. The van der Waals surface area contributed by atoms with Crippen molar-refractivity contribution < 1.29 is 4.79 Å². The number of nitrogens with one attached hydrogen (secondary N) is 1. The van der Waals surface area contributed by atoms with Crippen LogP contribution in [0.1, 0.15) is 57.8 Å². The first kappa shape index (κ1) is 14.3. The zero-order valence-corrected chi connectivity index (χ0v) is 12.6. The molecule has 0 spiro atoms. The predicted octanol–water partition coefficient (Wildman–Crippen LogP) is 1.64. The first-order valence-electron chi connectivity index (χ1n) is 8.44. The monoisotopic (exact) mass is 279 g/mol. The van der Waals surface area contributed by atoms with E-state index in [2.05, 4.69) is 10.2 Å². The molecular formula is C16H29N3O. The molecule has 1 heterocycles. The summed E-state index contributed by atoms with van der Waals surface area (Å²) < 4.78 is 0. The smallest absolute Gasteiger partial charge is 0.220 e. The molecule has 2 saturated carbocycles. The number of amides is 1. The lowest BCUT2D eigenvalue weighted by atomic mass is 9.71. The maximum Gasteiger partial charge on any atom is 0.220 e. The van der Waals surface area contributed by atoms with Crippen LogP contribution in [0.4, 0.5) is 0 Å². The van der Waals surface area contributed by atoms with E-state index in [-0.39, 0.29) is 11.3 Å². The molecular weight excluding hydrogens is 250 g/mol. The molecule has 3 fully saturated rings. The number of hydrogen-bond acceptors (Lipinski definition) is 3. The van der Waals surface area contributed by atoms with Gasteiger partial charge in [-0.2, -0.15) is 0 Å². The normalized spacial score (nSPS) is 30.4. The fourth-order valence-corrected chi connectivity index (χ4v) is 4.05. The van der Waals surface area contributed by atoms with Crippen molar-refractivity contribution >= 4 is 5.91 Å². The van der Waals surface area contributed by atoms with Crippen molar-refractivity contribution in [2.75, 3.05) is 19.6 Å². The molecule has 2 aliphatic carbocycles. The van der Waals surface area contributed by atoms with Crippen LogP contribution in [0.15, 0.2) is 0 Å². The molecule has 1 atom stereocenters. The Balaban J connectivity index is 1.46. The summed E-state index contributed by atoms with van der Waals surface area (Å²) in [6.07, 6.45) is 10.5. The highest BCUT2D eigenvalue weighted by molar-refractivity contribution is 5.77. The third-order valence-electron chi connectivity index (χ3n) is 5.53. The SMILES string of the molecule is NCC1(CC(=O)NC2CCN(C3CC3)C2)CCCCC1. The minimum atomic E-state index is 0.0944. The molecule has 3 aliphatic rings. The number of nitrogens with zero attached hydrogens (tertiary/aromatic N) is 1. The summed E-state index contributed by atoms with van der Waals surface area (Å²) in [5.41, 5.74) is 6.07. The van der Waals surface area contributed by atoms with Crippen LogP contribution in [-0.4, -0.2) is 42.5 Å². The Morgan fingerprint density at radius 2 is 1.95 bits per heavy atom. The maximum absolute atomic E-state index is 12.3. The Kier molecular flexibility index (Phi) is 4.32. The maximum atomic E-state index is 12.3. The third kappa shape index (κ3) is 3.34. The van der Waals surface area contributed by atoms with Crippen LogP contribution >= 0.6 is 0 Å². The zero-order chi connectivity index (χ0) is 14.0. The van der Waals surface area contributed by atoms with Crippen LogP contribution < -0.4 is 11.1 Å². The van der Waals surface area contributed by atoms with Crippen LogP contribution in [0.3, 0.4) is 0 Å². The lowest BCUT2D eigenvalue weighted by Crippen LogP contribution is -2.42. The quantitative estimate of drug-likeness (QED) is 0.804. The molecule has 114 valence electrons. The molecule has 1 aliphatic heterocycles. The van der Waals surface area contributed by atoms with Gasteiger partial charge in [-0.05, 0) is 44.1 Å². The number of carbonyl (C=O) groups excluding carboxylic acids is 1. The van der Waals surface area contributed by atoms with Gasteiger partial charge in [0.25, 0.3) is 0 Å². The van der Waals surface area contributed by atoms with Gasteiger partial charge in [-0.1, -0.05) is 19.3 Å². The fraction of sp³-hybridized carbons (Fsp3) is 0.938. The van der Waals surface area contributed by atoms with Crippen molar-refractivity contribution in [3.05, 3.63) is 0 Å². The first-order valence-corrected chi connectivity index (χ1v) is 8.44. The molecule has 4 heteroatoms. The van der Waals surface area contributed by atoms with E-state index in [1.807, 2.05) is 0 Å². The van der Waals surface area contributed by atoms with Gasteiger partial charge in [0.1, 0.15) is 0 Å². The van der Waals surface area contributed by atoms with Crippen molar-refractivity contribution in [2.24, 2.45) is 11.1 Å². The molecule has 0 radical (unpaired) electrons. The van der Waals surface area contributed by atoms with E-state index in [4.69, 9.17) is 5.73 Å². The summed E-state index contributed by atoms with van der Waals surface area (Å²) in [5.74, 6) is 0.236. The van der Waals surface area contributed by atoms with Crippen molar-refractivity contribution in [1.29, 1.82) is 0 Å². The average Bonchev–Trinajstić information content (AvgIpc) is 3.21. The first-order chi connectivity index (χ1) is 9.71. The molecule has 4 nitrogen and oxygen atoms in total. The van der Waals surface area contributed by atoms with E-state index in [0.717, 1.165) is 38.4 Å². The summed E-state index contributed by atoms with van der Waals surface area (Å²) in [5, 5.41) is 3.26. The van der Waals surface area contributed by atoms with Gasteiger partial charge < -0.3 is 11.1 Å². The van der Waals surface area contributed by atoms with Crippen LogP contribution in [0, 0.1) is 5.41 Å². The summed E-state index contributed by atoms with van der Waals surface area (Å²) in [4.78, 5) is 14.9. The number of carbonyl (C=O) groups is 1. The second-order valence-corrected chi connectivity index (χ2v) is 7.22. The highest BCUT2D eigenvalue weighted by atomic mass is 16.1. The Labute approximate surface area is 122 Å². The standard InChI is InChI=1S/C16H29N3O/c17-12-16(7-2-1-3-8-16)10-15(20)18-13-6-9-19(11-13)14-4-5-14/h13-14H,1-12,17H2,(H,18,20). The van der Waals surface area contributed by atoms with Gasteiger partial charge in [0, 0.05) is 31.6 Å². The number of likely N-dealkylation sites (tertiary alicyclic amines) is 1. The lowest BCUT2D eigenvalue weighted by Gasteiger charge is -2.36. The van der Waals surface area contributed by atoms with Crippen LogP contribution in [-0.2, 0) is 4.79 Å². The predicted molar refractivity (Wildman–Crippen MR) is 80.3 cm³/mol. The Morgan fingerprint density at radius 1 is 1.20 bits per heavy atom. The second kappa shape index (κ2) is 6.02. The van der Waals surface area contributed by atoms with E-state index in [1.165, 1.54) is 32.1 Å². The van der Waals surface area contributed by atoms with Crippen molar-refractivity contribution in [2.45, 2.75) is 69.9 Å². The minimum absolute atomic E-state index is 0.0944. The van der Waals surface area contributed by atoms with E-state index in [0.29, 0.717) is 19.0 Å². The van der Waals surface area contributed by atoms with E-state index >= 15 is 0 Å². The molecule has 0 bridgehead atoms. The molecule has 0 aromatic rings. The van der Waals surface area contributed by atoms with Crippen LogP contribution in [0.25, 0.3) is 0 Å². The number of nitrogens with two attached hydrogens (primary N) is 1. The molecule has 1 saturated heterocycles. The Hall–Kier alpha value is -0.610. The molecule has 3 N–H and O–H groups in total. The summed E-state index contributed by atoms with van der Waals surface area (Å²) in [6.45, 7) is 2.89. The number of rotatable bonds is 5. The molecule has 3 rings (SSSR count). The van der Waals surface area contributed by atoms with Gasteiger partial charge in [-0.3, -0.25) is 9.69 Å². The van der Waals surface area contributed by atoms with Crippen LogP contribution in [0.5, 0.6) is 0 Å². The lowest BCUT2D eigenvalue weighted by molar-refractivity contribution is -0.124. The summed E-state index contributed by atoms with van der Waals surface area (Å²) >= 11 is 0. The average molecular weight is 279 g/mol. The van der Waals surface area contributed by atoms with Crippen molar-refractivity contribution in [3.63, 3.8) is 0 Å². The van der Waals surface area contributed by atoms with Crippen molar-refractivity contribution in [1.82, 2.24) is 10.2 Å². The van der Waals surface area contributed by atoms with E-state index < -0.39 is 0 Å². The molecule has 0 aromatic heterocycles. The fourth-order valence-electron chi connectivity index (χ4n) is 4.05. The van der Waals surface area contributed by atoms with Crippen LogP contribution in [0.2, 0.25) is 0 Å². The molecule has 20 heavy (non-hydrogen) atoms. The van der Waals surface area contributed by atoms with Gasteiger partial charge in [0.15, 0.2) is 0 Å². The molecule has 1 unspecified atom stereocenters. The summed E-state index contributed by atoms with van der Waals surface area (Å²) in [6, 6.07) is 1.20. The summed E-state index contributed by atoms with van der Waals surface area (Å²) in [7, 11) is 0. The second-order valence-electron chi connectivity index (χ2n) is 7.22. The van der Waals surface area contributed by atoms with Gasteiger partial charge in [-0.15, -0.1) is 0 Å². The Morgan fingerprint density at radius 3 is 2.60 bits per heavy atom. The van der Waals surface area contributed by atoms with Gasteiger partial charge in [0.05, 0.1) is 0 Å². The van der Waals surface area contributed by atoms with Crippen molar-refractivity contribution in [3.8, 4) is 0 Å². The topological polar surface area (TPSA) is 58.4 Å². The third-order valence-corrected chi connectivity index (χ3v) is 5.53. The number of hydrogen-bond donors (Lipinski definition) is 2. The van der Waals surface area contributed by atoms with Gasteiger partial charge >= 0.3 is 0 Å². The molecule has 1 amide bonds. The zero-order valence-electron chi connectivity index (χ0n) is 12.6. The van der Waals surface area contributed by atoms with Gasteiger partial charge in [0.2, 0.25) is 5.91 Å². The minimum Gasteiger partial charge on any atom is -0.352 e.